The van der Waals surface area contributed by atoms with Crippen molar-refractivity contribution in [2.75, 3.05) is 7.05 Å². The number of pyridine rings is 1. The Labute approximate surface area is 126 Å². The molecule has 0 saturated carbocycles. The van der Waals surface area contributed by atoms with Crippen LogP contribution in [0.4, 0.5) is 0 Å². The lowest BCUT2D eigenvalue weighted by molar-refractivity contribution is 0.462. The predicted octanol–water partition coefficient (Wildman–Crippen LogP) is 4.57. The van der Waals surface area contributed by atoms with E-state index in [0.29, 0.717) is 16.7 Å². The number of nitrogens with one attached hydrogen (secondary N) is 1. The van der Waals surface area contributed by atoms with Crippen molar-refractivity contribution in [1.82, 2.24) is 10.3 Å². The van der Waals surface area contributed by atoms with Gasteiger partial charge in [-0.15, -0.1) is 0 Å². The Kier molecular flexibility index (Phi) is 4.80. The lowest BCUT2D eigenvalue weighted by Gasteiger charge is -2.11. The first-order valence-corrected chi connectivity index (χ1v) is 7.03. The van der Waals surface area contributed by atoms with E-state index in [1.54, 1.807) is 18.3 Å². The van der Waals surface area contributed by atoms with E-state index in [-0.39, 0.29) is 6.04 Å². The Hall–Kier alpha value is -1.10. The van der Waals surface area contributed by atoms with Crippen LogP contribution in [0.5, 0.6) is 11.6 Å². The minimum absolute atomic E-state index is 0.262. The van der Waals surface area contributed by atoms with E-state index in [1.165, 1.54) is 0 Å². The zero-order valence-electron chi connectivity index (χ0n) is 10.7. The summed E-state index contributed by atoms with van der Waals surface area (Å²) in [6.45, 7) is 2.07. The average molecular weight is 342 g/mol. The summed E-state index contributed by atoms with van der Waals surface area (Å²) < 4.78 is 6.56. The molecule has 0 aliphatic rings. The molecule has 100 valence electrons. The number of aromatic nitrogens is 1. The standard InChI is InChI=1S/C14H14BrClN2O/c1-9(17-2)10-3-6-14(18-8-10)19-13-5-4-11(15)7-12(13)16/h3-9,17H,1-2H3. The first-order chi connectivity index (χ1) is 9.10. The fourth-order valence-electron chi connectivity index (χ4n) is 1.55. The van der Waals surface area contributed by atoms with Crippen LogP contribution in [-0.2, 0) is 0 Å². The van der Waals surface area contributed by atoms with Crippen molar-refractivity contribution in [1.29, 1.82) is 0 Å². The molecule has 0 amide bonds. The highest BCUT2D eigenvalue weighted by molar-refractivity contribution is 9.10. The molecule has 1 unspecified atom stereocenters. The van der Waals surface area contributed by atoms with Gasteiger partial charge in [-0.3, -0.25) is 0 Å². The topological polar surface area (TPSA) is 34.1 Å². The first-order valence-electron chi connectivity index (χ1n) is 5.86. The van der Waals surface area contributed by atoms with Crippen LogP contribution in [0.15, 0.2) is 41.0 Å². The van der Waals surface area contributed by atoms with Crippen molar-refractivity contribution >= 4 is 27.5 Å². The van der Waals surface area contributed by atoms with Crippen molar-refractivity contribution in [2.45, 2.75) is 13.0 Å². The maximum Gasteiger partial charge on any atom is 0.219 e. The smallest absolute Gasteiger partial charge is 0.219 e. The number of hydrogen-bond acceptors (Lipinski definition) is 3. The van der Waals surface area contributed by atoms with Crippen LogP contribution in [0.1, 0.15) is 18.5 Å². The van der Waals surface area contributed by atoms with Crippen LogP contribution >= 0.6 is 27.5 Å². The summed E-state index contributed by atoms with van der Waals surface area (Å²) in [5.41, 5.74) is 1.11. The predicted molar refractivity (Wildman–Crippen MR) is 80.9 cm³/mol. The number of nitrogens with zero attached hydrogens (tertiary/aromatic N) is 1. The number of benzene rings is 1. The van der Waals surface area contributed by atoms with Crippen LogP contribution < -0.4 is 10.1 Å². The van der Waals surface area contributed by atoms with Gasteiger partial charge in [-0.1, -0.05) is 33.6 Å². The highest BCUT2D eigenvalue weighted by Crippen LogP contribution is 2.31. The van der Waals surface area contributed by atoms with Crippen molar-refractivity contribution in [3.63, 3.8) is 0 Å². The summed E-state index contributed by atoms with van der Waals surface area (Å²) in [6, 6.07) is 9.54. The van der Waals surface area contributed by atoms with Crippen molar-refractivity contribution in [2.24, 2.45) is 0 Å². The van der Waals surface area contributed by atoms with E-state index in [4.69, 9.17) is 16.3 Å². The van der Waals surface area contributed by atoms with Gasteiger partial charge in [0.25, 0.3) is 0 Å². The Morgan fingerprint density at radius 3 is 2.68 bits per heavy atom. The van der Waals surface area contributed by atoms with Crippen LogP contribution in [0.25, 0.3) is 0 Å². The summed E-state index contributed by atoms with van der Waals surface area (Å²) >= 11 is 9.44. The number of halogens is 2. The zero-order chi connectivity index (χ0) is 13.8. The summed E-state index contributed by atoms with van der Waals surface area (Å²) in [6.07, 6.45) is 1.79. The SMILES string of the molecule is CNC(C)c1ccc(Oc2ccc(Br)cc2Cl)nc1. The Bertz CT molecular complexity index is 560. The molecule has 0 saturated heterocycles. The van der Waals surface area contributed by atoms with Gasteiger partial charge in [-0.2, -0.15) is 0 Å². The molecule has 3 nitrogen and oxygen atoms in total. The number of rotatable bonds is 4. The summed E-state index contributed by atoms with van der Waals surface area (Å²) in [7, 11) is 1.91. The molecule has 0 aliphatic heterocycles. The quantitative estimate of drug-likeness (QED) is 0.884. The molecule has 0 fully saturated rings. The molecular weight excluding hydrogens is 328 g/mol. The Balaban J connectivity index is 2.15. The van der Waals surface area contributed by atoms with Crippen LogP contribution in [-0.4, -0.2) is 12.0 Å². The third kappa shape index (κ3) is 3.69. The average Bonchev–Trinajstić information content (AvgIpc) is 2.42. The van der Waals surface area contributed by atoms with Crippen molar-refractivity contribution in [3.8, 4) is 11.6 Å². The molecule has 1 aromatic heterocycles. The molecule has 0 bridgehead atoms. The Morgan fingerprint density at radius 1 is 1.32 bits per heavy atom. The molecule has 1 heterocycles. The maximum atomic E-state index is 6.09. The molecule has 1 atom stereocenters. The lowest BCUT2D eigenvalue weighted by Crippen LogP contribution is -2.12. The monoisotopic (exact) mass is 340 g/mol. The zero-order valence-corrected chi connectivity index (χ0v) is 13.0. The minimum atomic E-state index is 0.262. The van der Waals surface area contributed by atoms with Gasteiger partial charge in [-0.05, 0) is 37.7 Å². The van der Waals surface area contributed by atoms with Gasteiger partial charge in [0.15, 0.2) is 0 Å². The van der Waals surface area contributed by atoms with E-state index in [2.05, 4.69) is 33.2 Å². The molecule has 1 aromatic carbocycles. The summed E-state index contributed by atoms with van der Waals surface area (Å²) in [4.78, 5) is 4.27. The molecule has 19 heavy (non-hydrogen) atoms. The third-order valence-corrected chi connectivity index (χ3v) is 3.59. The fourth-order valence-corrected chi connectivity index (χ4v) is 2.26. The largest absolute Gasteiger partial charge is 0.437 e. The van der Waals surface area contributed by atoms with Gasteiger partial charge in [0.05, 0.1) is 5.02 Å². The van der Waals surface area contributed by atoms with Crippen molar-refractivity contribution < 1.29 is 4.74 Å². The molecule has 0 spiro atoms. The Morgan fingerprint density at radius 2 is 2.11 bits per heavy atom. The van der Waals surface area contributed by atoms with E-state index in [9.17, 15) is 0 Å². The van der Waals surface area contributed by atoms with E-state index in [0.717, 1.165) is 10.0 Å². The lowest BCUT2D eigenvalue weighted by atomic mass is 10.1. The van der Waals surface area contributed by atoms with Gasteiger partial charge < -0.3 is 10.1 Å². The van der Waals surface area contributed by atoms with Crippen molar-refractivity contribution in [3.05, 3.63) is 51.6 Å². The van der Waals surface area contributed by atoms with E-state index in [1.807, 2.05) is 25.2 Å². The highest BCUT2D eigenvalue weighted by atomic mass is 79.9. The van der Waals surface area contributed by atoms with Gasteiger partial charge >= 0.3 is 0 Å². The number of ether oxygens (including phenoxy) is 1. The maximum absolute atomic E-state index is 6.09. The molecule has 1 N–H and O–H groups in total. The highest BCUT2D eigenvalue weighted by Gasteiger charge is 2.06. The third-order valence-electron chi connectivity index (χ3n) is 2.80. The van der Waals surface area contributed by atoms with E-state index >= 15 is 0 Å². The van der Waals surface area contributed by atoms with Crippen LogP contribution in [0.3, 0.4) is 0 Å². The molecule has 0 radical (unpaired) electrons. The molecule has 2 aromatic rings. The second-order valence-corrected chi connectivity index (χ2v) is 5.44. The molecule has 5 heteroatoms. The van der Waals surface area contributed by atoms with Gasteiger partial charge in [0.2, 0.25) is 5.88 Å². The number of hydrogen-bond donors (Lipinski definition) is 1. The summed E-state index contributed by atoms with van der Waals surface area (Å²) in [5.74, 6) is 1.11. The molecule has 2 rings (SSSR count). The van der Waals surface area contributed by atoms with Crippen LogP contribution in [0.2, 0.25) is 5.02 Å². The van der Waals surface area contributed by atoms with Gasteiger partial charge in [0, 0.05) is 22.8 Å². The second-order valence-electron chi connectivity index (χ2n) is 4.12. The van der Waals surface area contributed by atoms with Crippen LogP contribution in [0, 0.1) is 0 Å². The normalized spacial score (nSPS) is 12.2. The first kappa shape index (κ1) is 14.3. The molecular formula is C14H14BrClN2O. The fraction of sp³-hybridized carbons (Fsp3) is 0.214. The minimum Gasteiger partial charge on any atom is -0.437 e. The summed E-state index contributed by atoms with van der Waals surface area (Å²) in [5, 5.41) is 3.70. The van der Waals surface area contributed by atoms with E-state index < -0.39 is 0 Å². The second kappa shape index (κ2) is 6.37. The molecule has 0 aliphatic carbocycles. The van der Waals surface area contributed by atoms with Gasteiger partial charge in [-0.25, -0.2) is 4.98 Å². The van der Waals surface area contributed by atoms with Gasteiger partial charge in [0.1, 0.15) is 5.75 Å².